The molecule has 0 heterocycles. The van der Waals surface area contributed by atoms with Gasteiger partial charge in [-0.1, -0.05) is 27.7 Å². The maximum atomic E-state index is 6.10. The Balaban J connectivity index is 4.37. The molecule has 0 aromatic heterocycles. The molecule has 17 heavy (non-hydrogen) atoms. The fourth-order valence-corrected chi connectivity index (χ4v) is 1.88. The van der Waals surface area contributed by atoms with E-state index in [9.17, 15) is 0 Å². The van der Waals surface area contributed by atoms with E-state index in [1.807, 2.05) is 0 Å². The molecule has 0 aromatic rings. The molecule has 2 atom stereocenters. The average Bonchev–Trinajstić information content (AvgIpc) is 2.35. The molecule has 0 fully saturated rings. The maximum Gasteiger partial charge on any atom is 0.0699 e. The van der Waals surface area contributed by atoms with Crippen molar-refractivity contribution < 1.29 is 9.47 Å². The first kappa shape index (κ1) is 16.9. The van der Waals surface area contributed by atoms with Crippen molar-refractivity contribution in [1.82, 2.24) is 0 Å². The molecule has 0 aliphatic rings. The lowest BCUT2D eigenvalue weighted by Gasteiger charge is -2.37. The van der Waals surface area contributed by atoms with Gasteiger partial charge >= 0.3 is 0 Å². The first-order chi connectivity index (χ1) is 7.87. The van der Waals surface area contributed by atoms with E-state index < -0.39 is 0 Å². The number of ether oxygens (including phenoxy) is 2. The molecule has 0 rings (SSSR count). The van der Waals surface area contributed by atoms with Crippen LogP contribution >= 0.6 is 0 Å². The Labute approximate surface area is 108 Å². The van der Waals surface area contributed by atoms with Gasteiger partial charge in [-0.15, -0.1) is 0 Å². The first-order valence-corrected chi connectivity index (χ1v) is 7.15. The van der Waals surface area contributed by atoms with Crippen LogP contribution in [0.2, 0.25) is 0 Å². The van der Waals surface area contributed by atoms with Gasteiger partial charge in [0.2, 0.25) is 0 Å². The monoisotopic (exact) mass is 244 g/mol. The minimum absolute atomic E-state index is 0.0229. The van der Waals surface area contributed by atoms with Gasteiger partial charge in [0.25, 0.3) is 0 Å². The summed E-state index contributed by atoms with van der Waals surface area (Å²) in [5, 5.41) is 0. The minimum Gasteiger partial charge on any atom is -0.375 e. The first-order valence-electron chi connectivity index (χ1n) is 7.15. The average molecular weight is 244 g/mol. The highest BCUT2D eigenvalue weighted by molar-refractivity contribution is 4.81. The molecular formula is C15H32O2. The molecule has 0 spiro atoms. The Kier molecular flexibility index (Phi) is 7.34. The quantitative estimate of drug-likeness (QED) is 0.597. The van der Waals surface area contributed by atoms with E-state index in [4.69, 9.17) is 9.47 Å². The largest absolute Gasteiger partial charge is 0.375 e. The van der Waals surface area contributed by atoms with Crippen LogP contribution in [-0.2, 0) is 9.47 Å². The Bertz CT molecular complexity index is 199. The SMILES string of the molecule is CCOC(C)(CC)C(C)COC(C)(CC)CC. The van der Waals surface area contributed by atoms with Gasteiger partial charge < -0.3 is 9.47 Å². The predicted molar refractivity (Wildman–Crippen MR) is 74.4 cm³/mol. The van der Waals surface area contributed by atoms with Gasteiger partial charge in [-0.25, -0.2) is 0 Å². The molecule has 0 aromatic carbocycles. The van der Waals surface area contributed by atoms with Crippen LogP contribution in [-0.4, -0.2) is 24.4 Å². The molecule has 0 aliphatic carbocycles. The Morgan fingerprint density at radius 3 is 1.76 bits per heavy atom. The standard InChI is InChI=1S/C15H32O2/c1-8-14(6,9-2)17-12-13(5)15(7,10-3)16-11-4/h13H,8-12H2,1-7H3. The highest BCUT2D eigenvalue weighted by Crippen LogP contribution is 2.28. The number of hydrogen-bond acceptors (Lipinski definition) is 2. The summed E-state index contributed by atoms with van der Waals surface area (Å²) >= 11 is 0. The zero-order valence-electron chi connectivity index (χ0n) is 12.9. The maximum absolute atomic E-state index is 6.10. The highest BCUT2D eigenvalue weighted by atomic mass is 16.5. The van der Waals surface area contributed by atoms with Gasteiger partial charge in [0.1, 0.15) is 0 Å². The third-order valence-electron chi connectivity index (χ3n) is 4.40. The van der Waals surface area contributed by atoms with E-state index in [-0.39, 0.29) is 11.2 Å². The summed E-state index contributed by atoms with van der Waals surface area (Å²) in [6.45, 7) is 16.8. The van der Waals surface area contributed by atoms with E-state index in [2.05, 4.69) is 48.5 Å². The zero-order valence-corrected chi connectivity index (χ0v) is 12.9. The van der Waals surface area contributed by atoms with Crippen LogP contribution in [0.25, 0.3) is 0 Å². The van der Waals surface area contributed by atoms with Crippen LogP contribution in [0, 0.1) is 5.92 Å². The second-order valence-electron chi connectivity index (χ2n) is 5.47. The van der Waals surface area contributed by atoms with Crippen molar-refractivity contribution >= 4 is 0 Å². The third-order valence-corrected chi connectivity index (χ3v) is 4.40. The minimum atomic E-state index is -0.0584. The summed E-state index contributed by atoms with van der Waals surface area (Å²) in [5.41, 5.74) is -0.0354. The normalized spacial score (nSPS) is 17.8. The Hall–Kier alpha value is -0.0800. The predicted octanol–water partition coefficient (Wildman–Crippen LogP) is 4.42. The Morgan fingerprint density at radius 2 is 1.41 bits per heavy atom. The van der Waals surface area contributed by atoms with Crippen LogP contribution in [0.5, 0.6) is 0 Å². The molecule has 2 heteroatoms. The van der Waals surface area contributed by atoms with Crippen LogP contribution < -0.4 is 0 Å². The molecule has 0 N–H and O–H groups in total. The highest BCUT2D eigenvalue weighted by Gasteiger charge is 2.32. The van der Waals surface area contributed by atoms with E-state index in [0.717, 1.165) is 32.5 Å². The summed E-state index contributed by atoms with van der Waals surface area (Å²) in [7, 11) is 0. The van der Waals surface area contributed by atoms with E-state index >= 15 is 0 Å². The van der Waals surface area contributed by atoms with E-state index in [1.54, 1.807) is 0 Å². The smallest absolute Gasteiger partial charge is 0.0699 e. The van der Waals surface area contributed by atoms with E-state index in [0.29, 0.717) is 5.92 Å². The second-order valence-corrected chi connectivity index (χ2v) is 5.47. The molecule has 2 unspecified atom stereocenters. The zero-order chi connectivity index (χ0) is 13.5. The van der Waals surface area contributed by atoms with Crippen LogP contribution in [0.15, 0.2) is 0 Å². The molecule has 0 aliphatic heterocycles. The van der Waals surface area contributed by atoms with Gasteiger partial charge in [-0.3, -0.25) is 0 Å². The molecule has 0 amide bonds. The fourth-order valence-electron chi connectivity index (χ4n) is 1.88. The van der Waals surface area contributed by atoms with E-state index in [1.165, 1.54) is 0 Å². The summed E-state index contributed by atoms with van der Waals surface area (Å²) in [5.74, 6) is 0.421. The van der Waals surface area contributed by atoms with Gasteiger partial charge in [0.05, 0.1) is 17.8 Å². The van der Waals surface area contributed by atoms with Crippen molar-refractivity contribution in [3.8, 4) is 0 Å². The van der Waals surface area contributed by atoms with Gasteiger partial charge in [-0.05, 0) is 40.0 Å². The molecule has 0 radical (unpaired) electrons. The molecule has 0 saturated heterocycles. The van der Waals surface area contributed by atoms with Gasteiger partial charge in [0, 0.05) is 12.5 Å². The van der Waals surface area contributed by atoms with Crippen molar-refractivity contribution in [2.75, 3.05) is 13.2 Å². The van der Waals surface area contributed by atoms with Gasteiger partial charge in [-0.2, -0.15) is 0 Å². The van der Waals surface area contributed by atoms with Gasteiger partial charge in [0.15, 0.2) is 0 Å². The summed E-state index contributed by atoms with van der Waals surface area (Å²) in [6.07, 6.45) is 3.15. The number of rotatable bonds is 9. The molecule has 2 nitrogen and oxygen atoms in total. The van der Waals surface area contributed by atoms with Crippen molar-refractivity contribution in [3.05, 3.63) is 0 Å². The molecule has 104 valence electrons. The lowest BCUT2D eigenvalue weighted by molar-refractivity contribution is -0.119. The second kappa shape index (κ2) is 7.38. The molecular weight excluding hydrogens is 212 g/mol. The molecule has 0 bridgehead atoms. The van der Waals surface area contributed by atoms with Crippen LogP contribution in [0.4, 0.5) is 0 Å². The molecule has 0 saturated carbocycles. The topological polar surface area (TPSA) is 18.5 Å². The number of hydrogen-bond donors (Lipinski definition) is 0. The van der Waals surface area contributed by atoms with Crippen molar-refractivity contribution in [2.24, 2.45) is 5.92 Å². The van der Waals surface area contributed by atoms with Crippen LogP contribution in [0.3, 0.4) is 0 Å². The summed E-state index contributed by atoms with van der Waals surface area (Å²) in [6, 6.07) is 0. The lowest BCUT2D eigenvalue weighted by atomic mass is 9.88. The van der Waals surface area contributed by atoms with Crippen LogP contribution in [0.1, 0.15) is 67.7 Å². The summed E-state index contributed by atoms with van der Waals surface area (Å²) < 4.78 is 12.0. The summed E-state index contributed by atoms with van der Waals surface area (Å²) in [4.78, 5) is 0. The van der Waals surface area contributed by atoms with Crippen molar-refractivity contribution in [3.63, 3.8) is 0 Å². The third kappa shape index (κ3) is 4.97. The Morgan fingerprint density at radius 1 is 0.882 bits per heavy atom. The van der Waals surface area contributed by atoms with Crippen molar-refractivity contribution in [1.29, 1.82) is 0 Å². The fraction of sp³-hybridized carbons (Fsp3) is 1.00. The van der Waals surface area contributed by atoms with Crippen molar-refractivity contribution in [2.45, 2.75) is 78.9 Å². The lowest BCUT2D eigenvalue weighted by Crippen LogP contribution is -2.40.